The molecule has 0 heterocycles. The standard InChI is InChI=1S/C13H20O2/c1-9-5-6-11-10(8-12(14)15)4-3-7-13(9,11)2/h8-9,11H,3-7H2,1-2H3,(H,14,15)/t9?,11-,13+/m0/s1. The summed E-state index contributed by atoms with van der Waals surface area (Å²) < 4.78 is 0. The maximum Gasteiger partial charge on any atom is 0.328 e. The van der Waals surface area contributed by atoms with Crippen LogP contribution in [-0.4, -0.2) is 11.1 Å². The Morgan fingerprint density at radius 1 is 1.53 bits per heavy atom. The third-order valence-electron chi connectivity index (χ3n) is 4.75. The fraction of sp³-hybridized carbons (Fsp3) is 0.769. The molecule has 2 aliphatic carbocycles. The summed E-state index contributed by atoms with van der Waals surface area (Å²) in [5, 5.41) is 8.86. The molecule has 0 aliphatic heterocycles. The lowest BCUT2D eigenvalue weighted by Gasteiger charge is -2.41. The first kappa shape index (κ1) is 10.7. The first-order chi connectivity index (χ1) is 7.04. The first-order valence-corrected chi connectivity index (χ1v) is 5.97. The summed E-state index contributed by atoms with van der Waals surface area (Å²) in [4.78, 5) is 10.8. The average Bonchev–Trinajstić information content (AvgIpc) is 2.43. The molecule has 2 aliphatic rings. The summed E-state index contributed by atoms with van der Waals surface area (Å²) >= 11 is 0. The number of carboxylic acids is 1. The van der Waals surface area contributed by atoms with Crippen molar-refractivity contribution in [2.45, 2.75) is 46.0 Å². The Kier molecular flexibility index (Phi) is 2.61. The molecule has 2 saturated carbocycles. The van der Waals surface area contributed by atoms with Crippen molar-refractivity contribution in [3.63, 3.8) is 0 Å². The second-order valence-corrected chi connectivity index (χ2v) is 5.45. The maximum atomic E-state index is 10.8. The van der Waals surface area contributed by atoms with Crippen LogP contribution < -0.4 is 0 Å². The minimum atomic E-state index is -0.770. The van der Waals surface area contributed by atoms with Gasteiger partial charge in [-0.2, -0.15) is 0 Å². The minimum absolute atomic E-state index is 0.375. The smallest absolute Gasteiger partial charge is 0.328 e. The molecule has 1 unspecified atom stereocenters. The number of hydrogen-bond acceptors (Lipinski definition) is 1. The van der Waals surface area contributed by atoms with E-state index in [0.717, 1.165) is 18.8 Å². The topological polar surface area (TPSA) is 37.3 Å². The second kappa shape index (κ2) is 3.66. The molecule has 84 valence electrons. The van der Waals surface area contributed by atoms with E-state index in [4.69, 9.17) is 5.11 Å². The molecule has 3 atom stereocenters. The number of rotatable bonds is 1. The van der Waals surface area contributed by atoms with E-state index in [1.165, 1.54) is 30.9 Å². The lowest BCUT2D eigenvalue weighted by atomic mass is 9.64. The Morgan fingerprint density at radius 3 is 2.93 bits per heavy atom. The van der Waals surface area contributed by atoms with Crippen molar-refractivity contribution in [2.75, 3.05) is 0 Å². The Labute approximate surface area is 91.4 Å². The van der Waals surface area contributed by atoms with Gasteiger partial charge in [-0.15, -0.1) is 0 Å². The van der Waals surface area contributed by atoms with E-state index in [0.29, 0.717) is 11.3 Å². The average molecular weight is 208 g/mol. The second-order valence-electron chi connectivity index (χ2n) is 5.45. The largest absolute Gasteiger partial charge is 0.478 e. The summed E-state index contributed by atoms with van der Waals surface area (Å²) in [5.74, 6) is 0.520. The van der Waals surface area contributed by atoms with E-state index in [-0.39, 0.29) is 0 Å². The summed E-state index contributed by atoms with van der Waals surface area (Å²) in [6.07, 6.45) is 7.36. The van der Waals surface area contributed by atoms with Crippen molar-refractivity contribution in [3.8, 4) is 0 Å². The van der Waals surface area contributed by atoms with Gasteiger partial charge in [-0.25, -0.2) is 4.79 Å². The monoisotopic (exact) mass is 208 g/mol. The fourth-order valence-corrected chi connectivity index (χ4v) is 3.63. The van der Waals surface area contributed by atoms with Crippen molar-refractivity contribution >= 4 is 5.97 Å². The number of allylic oxidation sites excluding steroid dienone is 1. The predicted molar refractivity (Wildman–Crippen MR) is 59.6 cm³/mol. The van der Waals surface area contributed by atoms with Gasteiger partial charge in [-0.05, 0) is 49.4 Å². The van der Waals surface area contributed by atoms with Crippen molar-refractivity contribution in [2.24, 2.45) is 17.3 Å². The highest BCUT2D eigenvalue weighted by molar-refractivity contribution is 5.80. The number of aliphatic carboxylic acids is 1. The molecule has 0 aromatic rings. The number of carbonyl (C=O) groups is 1. The van der Waals surface area contributed by atoms with Gasteiger partial charge in [0.05, 0.1) is 0 Å². The third kappa shape index (κ3) is 1.70. The first-order valence-electron chi connectivity index (χ1n) is 5.97. The summed E-state index contributed by atoms with van der Waals surface area (Å²) in [6.45, 7) is 4.67. The maximum absolute atomic E-state index is 10.8. The summed E-state index contributed by atoms with van der Waals surface area (Å²) in [7, 11) is 0. The van der Waals surface area contributed by atoms with Crippen LogP contribution in [0, 0.1) is 17.3 Å². The highest BCUT2D eigenvalue weighted by Crippen LogP contribution is 2.56. The van der Waals surface area contributed by atoms with Crippen LogP contribution in [0.15, 0.2) is 11.6 Å². The van der Waals surface area contributed by atoms with Crippen LogP contribution in [0.5, 0.6) is 0 Å². The molecule has 0 aromatic heterocycles. The van der Waals surface area contributed by atoms with Crippen LogP contribution in [0.1, 0.15) is 46.0 Å². The molecule has 2 fully saturated rings. The van der Waals surface area contributed by atoms with E-state index in [2.05, 4.69) is 13.8 Å². The molecule has 0 bridgehead atoms. The van der Waals surface area contributed by atoms with Gasteiger partial charge >= 0.3 is 5.97 Å². The molecule has 0 saturated heterocycles. The SMILES string of the molecule is CC1CC[C@H]2C(=CC(=O)O)CCC[C@]12C. The molecule has 0 radical (unpaired) electrons. The minimum Gasteiger partial charge on any atom is -0.478 e. The number of hydrogen-bond donors (Lipinski definition) is 1. The lowest BCUT2D eigenvalue weighted by Crippen LogP contribution is -2.32. The van der Waals surface area contributed by atoms with Gasteiger partial charge in [-0.1, -0.05) is 19.4 Å². The van der Waals surface area contributed by atoms with E-state index in [1.807, 2.05) is 0 Å². The zero-order valence-electron chi connectivity index (χ0n) is 9.62. The van der Waals surface area contributed by atoms with Crippen LogP contribution >= 0.6 is 0 Å². The normalized spacial score (nSPS) is 42.9. The third-order valence-corrected chi connectivity index (χ3v) is 4.75. The molecular formula is C13H20O2. The van der Waals surface area contributed by atoms with Crippen molar-refractivity contribution < 1.29 is 9.90 Å². The molecule has 15 heavy (non-hydrogen) atoms. The molecule has 1 N–H and O–H groups in total. The zero-order valence-corrected chi connectivity index (χ0v) is 9.62. The van der Waals surface area contributed by atoms with Crippen LogP contribution in [0.4, 0.5) is 0 Å². The molecule has 0 amide bonds. The van der Waals surface area contributed by atoms with E-state index >= 15 is 0 Å². The Hall–Kier alpha value is -0.790. The van der Waals surface area contributed by atoms with Gasteiger partial charge < -0.3 is 5.11 Å². The molecule has 0 aromatic carbocycles. The van der Waals surface area contributed by atoms with Crippen LogP contribution in [-0.2, 0) is 4.79 Å². The lowest BCUT2D eigenvalue weighted by molar-refractivity contribution is -0.131. The van der Waals surface area contributed by atoms with Gasteiger partial charge in [0.15, 0.2) is 0 Å². The highest BCUT2D eigenvalue weighted by atomic mass is 16.4. The van der Waals surface area contributed by atoms with Crippen LogP contribution in [0.3, 0.4) is 0 Å². The van der Waals surface area contributed by atoms with Crippen LogP contribution in [0.2, 0.25) is 0 Å². The number of carboxylic acid groups (broad SMARTS) is 1. The fourth-order valence-electron chi connectivity index (χ4n) is 3.63. The van der Waals surface area contributed by atoms with Crippen molar-refractivity contribution in [1.29, 1.82) is 0 Å². The van der Waals surface area contributed by atoms with Gasteiger partial charge in [0.2, 0.25) is 0 Å². The Morgan fingerprint density at radius 2 is 2.27 bits per heavy atom. The summed E-state index contributed by atoms with van der Waals surface area (Å²) in [6, 6.07) is 0. The van der Waals surface area contributed by atoms with Crippen molar-refractivity contribution in [1.82, 2.24) is 0 Å². The van der Waals surface area contributed by atoms with Gasteiger partial charge in [0, 0.05) is 6.08 Å². The van der Waals surface area contributed by atoms with Gasteiger partial charge in [-0.3, -0.25) is 0 Å². The quantitative estimate of drug-likeness (QED) is 0.672. The zero-order chi connectivity index (χ0) is 11.1. The van der Waals surface area contributed by atoms with E-state index in [9.17, 15) is 4.79 Å². The Balaban J connectivity index is 2.27. The molecule has 0 spiro atoms. The molecular weight excluding hydrogens is 188 g/mol. The van der Waals surface area contributed by atoms with Gasteiger partial charge in [0.25, 0.3) is 0 Å². The number of fused-ring (bicyclic) bond motifs is 1. The van der Waals surface area contributed by atoms with Crippen LogP contribution in [0.25, 0.3) is 0 Å². The highest BCUT2D eigenvalue weighted by Gasteiger charge is 2.47. The Bertz CT molecular complexity index is 306. The molecule has 2 heteroatoms. The van der Waals surface area contributed by atoms with E-state index in [1.54, 1.807) is 0 Å². The summed E-state index contributed by atoms with van der Waals surface area (Å²) in [5.41, 5.74) is 1.57. The molecule has 2 rings (SSSR count). The van der Waals surface area contributed by atoms with Crippen molar-refractivity contribution in [3.05, 3.63) is 11.6 Å². The van der Waals surface area contributed by atoms with Gasteiger partial charge in [0.1, 0.15) is 0 Å². The molecule has 2 nitrogen and oxygen atoms in total. The predicted octanol–water partition coefficient (Wildman–Crippen LogP) is 3.23. The van der Waals surface area contributed by atoms with E-state index < -0.39 is 5.97 Å².